The fourth-order valence-corrected chi connectivity index (χ4v) is 1.31. The molecular formula is C8H17ClN2. The van der Waals surface area contributed by atoms with Crippen LogP contribution in [0.3, 0.4) is 0 Å². The maximum absolute atomic E-state index is 5.72. The minimum Gasteiger partial charge on any atom is -0.387 e. The third-order valence-corrected chi connectivity index (χ3v) is 2.13. The van der Waals surface area contributed by atoms with Crippen LogP contribution < -0.4 is 5.73 Å². The van der Waals surface area contributed by atoms with Crippen LogP contribution in [0.15, 0.2) is 4.99 Å². The topological polar surface area (TPSA) is 38.4 Å². The van der Waals surface area contributed by atoms with Crippen molar-refractivity contribution in [1.82, 2.24) is 0 Å². The van der Waals surface area contributed by atoms with Gasteiger partial charge >= 0.3 is 0 Å². The Balaban J connectivity index is 0.000001000. The molecule has 1 heterocycles. The molecular weight excluding hydrogens is 160 g/mol. The number of hydrogen-bond donors (Lipinski definition) is 1. The molecule has 0 amide bonds. The Morgan fingerprint density at radius 3 is 2.64 bits per heavy atom. The highest BCUT2D eigenvalue weighted by Crippen LogP contribution is 2.15. The van der Waals surface area contributed by atoms with Crippen molar-refractivity contribution in [3.8, 4) is 0 Å². The number of hydrogen-bond acceptors (Lipinski definition) is 2. The Labute approximate surface area is 74.7 Å². The van der Waals surface area contributed by atoms with E-state index in [0.717, 1.165) is 5.84 Å². The van der Waals surface area contributed by atoms with Crippen molar-refractivity contribution >= 4 is 18.2 Å². The van der Waals surface area contributed by atoms with Gasteiger partial charge in [0.15, 0.2) is 0 Å². The predicted molar refractivity (Wildman–Crippen MR) is 51.3 cm³/mol. The fourth-order valence-electron chi connectivity index (χ4n) is 1.31. The molecule has 66 valence electrons. The van der Waals surface area contributed by atoms with Gasteiger partial charge in [-0.15, -0.1) is 12.4 Å². The van der Waals surface area contributed by atoms with E-state index >= 15 is 0 Å². The van der Waals surface area contributed by atoms with Crippen molar-refractivity contribution in [1.29, 1.82) is 0 Å². The summed E-state index contributed by atoms with van der Waals surface area (Å²) in [6.45, 7) is 4.28. The van der Waals surface area contributed by atoms with E-state index in [1.807, 2.05) is 0 Å². The first-order chi connectivity index (χ1) is 4.70. The molecule has 0 aromatic rings. The van der Waals surface area contributed by atoms with E-state index < -0.39 is 0 Å². The number of amidine groups is 1. The van der Waals surface area contributed by atoms with Gasteiger partial charge in [-0.3, -0.25) is 4.99 Å². The molecule has 0 fully saturated rings. The normalized spacial score (nSPS) is 31.6. The lowest BCUT2D eigenvalue weighted by molar-refractivity contribution is 0.588. The van der Waals surface area contributed by atoms with Crippen LogP contribution in [-0.4, -0.2) is 11.9 Å². The average molecular weight is 177 g/mol. The SMILES string of the molecule is CC1CCCC(C)C(N)=N1.Cl. The molecule has 0 spiro atoms. The number of aliphatic imine (C=N–C) groups is 1. The Morgan fingerprint density at radius 1 is 1.36 bits per heavy atom. The third-order valence-electron chi connectivity index (χ3n) is 2.13. The van der Waals surface area contributed by atoms with E-state index in [2.05, 4.69) is 18.8 Å². The molecule has 1 aliphatic heterocycles. The van der Waals surface area contributed by atoms with Gasteiger partial charge in [-0.25, -0.2) is 0 Å². The van der Waals surface area contributed by atoms with E-state index in [1.54, 1.807) is 0 Å². The van der Waals surface area contributed by atoms with Crippen LogP contribution in [0.4, 0.5) is 0 Å². The van der Waals surface area contributed by atoms with Gasteiger partial charge < -0.3 is 5.73 Å². The van der Waals surface area contributed by atoms with Gasteiger partial charge in [0.05, 0.1) is 5.84 Å². The van der Waals surface area contributed by atoms with Crippen molar-refractivity contribution in [3.63, 3.8) is 0 Å². The molecule has 2 N–H and O–H groups in total. The molecule has 0 saturated heterocycles. The second kappa shape index (κ2) is 4.60. The maximum atomic E-state index is 5.72. The quantitative estimate of drug-likeness (QED) is 0.602. The zero-order chi connectivity index (χ0) is 7.56. The van der Waals surface area contributed by atoms with Gasteiger partial charge in [0.2, 0.25) is 0 Å². The van der Waals surface area contributed by atoms with Crippen LogP contribution in [0.25, 0.3) is 0 Å². The van der Waals surface area contributed by atoms with Gasteiger partial charge in [0.25, 0.3) is 0 Å². The predicted octanol–water partition coefficient (Wildman–Crippen LogP) is 1.97. The van der Waals surface area contributed by atoms with E-state index in [4.69, 9.17) is 5.73 Å². The molecule has 0 aromatic heterocycles. The number of nitrogens with two attached hydrogens (primary N) is 1. The smallest absolute Gasteiger partial charge is 0.0968 e. The third kappa shape index (κ3) is 3.10. The highest BCUT2D eigenvalue weighted by Gasteiger charge is 2.12. The first-order valence-electron chi connectivity index (χ1n) is 4.03. The standard InChI is InChI=1S/C8H16N2.ClH/c1-6-4-3-5-7(2)10-8(6)9;/h6-7H,3-5H2,1-2H3,(H2,9,10);1H. The molecule has 0 radical (unpaired) electrons. The molecule has 2 unspecified atom stereocenters. The van der Waals surface area contributed by atoms with Gasteiger partial charge in [-0.1, -0.05) is 13.3 Å². The van der Waals surface area contributed by atoms with Crippen molar-refractivity contribution < 1.29 is 0 Å². The summed E-state index contributed by atoms with van der Waals surface area (Å²) in [6.07, 6.45) is 3.68. The van der Waals surface area contributed by atoms with Crippen molar-refractivity contribution in [2.75, 3.05) is 0 Å². The van der Waals surface area contributed by atoms with Crippen LogP contribution in [-0.2, 0) is 0 Å². The number of nitrogens with zero attached hydrogens (tertiary/aromatic N) is 1. The zero-order valence-electron chi connectivity index (χ0n) is 7.21. The summed E-state index contributed by atoms with van der Waals surface area (Å²) in [5.41, 5.74) is 5.72. The molecule has 2 atom stereocenters. The number of rotatable bonds is 0. The first-order valence-corrected chi connectivity index (χ1v) is 4.03. The molecule has 1 rings (SSSR count). The minimum atomic E-state index is 0. The lowest BCUT2D eigenvalue weighted by Crippen LogP contribution is -2.20. The second-order valence-corrected chi connectivity index (χ2v) is 3.23. The average Bonchev–Trinajstić information content (AvgIpc) is 1.96. The van der Waals surface area contributed by atoms with Gasteiger partial charge in [0.1, 0.15) is 0 Å². The molecule has 11 heavy (non-hydrogen) atoms. The fraction of sp³-hybridized carbons (Fsp3) is 0.875. The Bertz CT molecular complexity index is 145. The molecule has 3 heteroatoms. The van der Waals surface area contributed by atoms with Crippen LogP contribution in [0.1, 0.15) is 33.1 Å². The molecule has 1 aliphatic rings. The van der Waals surface area contributed by atoms with Crippen molar-refractivity contribution in [2.45, 2.75) is 39.2 Å². The highest BCUT2D eigenvalue weighted by atomic mass is 35.5. The lowest BCUT2D eigenvalue weighted by Gasteiger charge is -2.05. The van der Waals surface area contributed by atoms with E-state index in [1.165, 1.54) is 19.3 Å². The summed E-state index contributed by atoms with van der Waals surface area (Å²) < 4.78 is 0. The molecule has 0 aromatic carbocycles. The van der Waals surface area contributed by atoms with Crippen molar-refractivity contribution in [3.05, 3.63) is 0 Å². The summed E-state index contributed by atoms with van der Waals surface area (Å²) in [4.78, 5) is 4.35. The monoisotopic (exact) mass is 176 g/mol. The number of halogens is 1. The largest absolute Gasteiger partial charge is 0.387 e. The second-order valence-electron chi connectivity index (χ2n) is 3.23. The van der Waals surface area contributed by atoms with Gasteiger partial charge in [-0.2, -0.15) is 0 Å². The van der Waals surface area contributed by atoms with Gasteiger partial charge in [-0.05, 0) is 19.8 Å². The van der Waals surface area contributed by atoms with E-state index in [-0.39, 0.29) is 12.4 Å². The van der Waals surface area contributed by atoms with Crippen LogP contribution >= 0.6 is 12.4 Å². The highest BCUT2D eigenvalue weighted by molar-refractivity contribution is 5.85. The summed E-state index contributed by atoms with van der Waals surface area (Å²) in [6, 6.07) is 0.449. The van der Waals surface area contributed by atoms with E-state index in [9.17, 15) is 0 Å². The lowest BCUT2D eigenvalue weighted by atomic mass is 10.0. The summed E-state index contributed by atoms with van der Waals surface area (Å²) in [5.74, 6) is 1.36. The first kappa shape index (κ1) is 10.8. The summed E-state index contributed by atoms with van der Waals surface area (Å²) in [5, 5.41) is 0. The van der Waals surface area contributed by atoms with Gasteiger partial charge in [0, 0.05) is 12.0 Å². The Morgan fingerprint density at radius 2 is 2.00 bits per heavy atom. The van der Waals surface area contributed by atoms with E-state index in [0.29, 0.717) is 12.0 Å². The molecule has 0 bridgehead atoms. The zero-order valence-corrected chi connectivity index (χ0v) is 8.03. The molecule has 2 nitrogen and oxygen atoms in total. The summed E-state index contributed by atoms with van der Waals surface area (Å²) >= 11 is 0. The van der Waals surface area contributed by atoms with Crippen LogP contribution in [0.2, 0.25) is 0 Å². The Kier molecular flexibility index (Phi) is 4.50. The minimum absolute atomic E-state index is 0. The van der Waals surface area contributed by atoms with Crippen molar-refractivity contribution in [2.24, 2.45) is 16.6 Å². The maximum Gasteiger partial charge on any atom is 0.0968 e. The Hall–Kier alpha value is -0.240. The van der Waals surface area contributed by atoms with Crippen LogP contribution in [0.5, 0.6) is 0 Å². The molecule has 0 saturated carbocycles. The molecule has 0 aliphatic carbocycles. The summed E-state index contributed by atoms with van der Waals surface area (Å²) in [7, 11) is 0. The van der Waals surface area contributed by atoms with Crippen LogP contribution in [0, 0.1) is 5.92 Å².